The number of nitrogens with zero attached hydrogens (tertiary/aromatic N) is 2. The minimum absolute atomic E-state index is 0.0742. The van der Waals surface area contributed by atoms with E-state index >= 15 is 0 Å². The van der Waals surface area contributed by atoms with Gasteiger partial charge in [0.2, 0.25) is 5.95 Å². The highest BCUT2D eigenvalue weighted by Gasteiger charge is 2.31. The van der Waals surface area contributed by atoms with E-state index in [1.807, 2.05) is 0 Å². The summed E-state index contributed by atoms with van der Waals surface area (Å²) in [5.41, 5.74) is -0.287. The molecule has 6 nitrogen and oxygen atoms in total. The number of carbonyl (C=O) groups is 1. The van der Waals surface area contributed by atoms with Crippen molar-refractivity contribution in [1.82, 2.24) is 9.55 Å². The third-order valence-corrected chi connectivity index (χ3v) is 4.16. The van der Waals surface area contributed by atoms with E-state index in [9.17, 15) is 18.0 Å². The molecular weight excluding hydrogens is 375 g/mol. The smallest absolute Gasteiger partial charge is 0.416 e. The van der Waals surface area contributed by atoms with Gasteiger partial charge in [-0.15, -0.1) is 0 Å². The van der Waals surface area contributed by atoms with Crippen molar-refractivity contribution < 1.29 is 26.8 Å². The van der Waals surface area contributed by atoms with Crippen LogP contribution in [0.25, 0.3) is 11.0 Å². The summed E-state index contributed by atoms with van der Waals surface area (Å²) in [6.45, 7) is 1.88. The van der Waals surface area contributed by atoms with E-state index < -0.39 is 17.6 Å². The molecule has 0 fully saturated rings. The zero-order valence-corrected chi connectivity index (χ0v) is 14.6. The summed E-state index contributed by atoms with van der Waals surface area (Å²) >= 11 is 0. The Kier molecular flexibility index (Phi) is 4.21. The predicted octanol–water partition coefficient (Wildman–Crippen LogP) is 4.85. The van der Waals surface area contributed by atoms with Crippen LogP contribution >= 0.6 is 0 Å². The number of aromatic nitrogens is 2. The van der Waals surface area contributed by atoms with Gasteiger partial charge in [-0.05, 0) is 49.4 Å². The molecule has 0 saturated carbocycles. The molecule has 0 saturated heterocycles. The highest BCUT2D eigenvalue weighted by molar-refractivity contribution is 6.02. The van der Waals surface area contributed by atoms with Gasteiger partial charge in [0.25, 0.3) is 5.91 Å². The van der Waals surface area contributed by atoms with E-state index in [1.165, 1.54) is 18.4 Å². The minimum atomic E-state index is -4.49. The molecule has 28 heavy (non-hydrogen) atoms. The van der Waals surface area contributed by atoms with Crippen LogP contribution < -0.4 is 5.32 Å². The second-order valence-corrected chi connectivity index (χ2v) is 6.17. The Bertz CT molecular complexity index is 1140. The maximum Gasteiger partial charge on any atom is 0.416 e. The van der Waals surface area contributed by atoms with Gasteiger partial charge in [0.1, 0.15) is 11.5 Å². The Morgan fingerprint density at radius 1 is 1.21 bits per heavy atom. The average molecular weight is 389 g/mol. The van der Waals surface area contributed by atoms with Crippen LogP contribution in [-0.2, 0) is 12.7 Å². The zero-order valence-electron chi connectivity index (χ0n) is 14.6. The van der Waals surface area contributed by atoms with Crippen molar-refractivity contribution in [3.63, 3.8) is 0 Å². The number of anilines is 1. The van der Waals surface area contributed by atoms with Crippen molar-refractivity contribution in [3.05, 3.63) is 71.6 Å². The Morgan fingerprint density at radius 3 is 2.68 bits per heavy atom. The van der Waals surface area contributed by atoms with Crippen LogP contribution in [0.3, 0.4) is 0 Å². The molecule has 4 rings (SSSR count). The molecule has 0 atom stereocenters. The fourth-order valence-electron chi connectivity index (χ4n) is 2.84. The Hall–Kier alpha value is -3.49. The third kappa shape index (κ3) is 3.38. The van der Waals surface area contributed by atoms with Crippen molar-refractivity contribution >= 4 is 22.9 Å². The monoisotopic (exact) mass is 389 g/mol. The fourth-order valence-corrected chi connectivity index (χ4v) is 2.84. The van der Waals surface area contributed by atoms with E-state index in [4.69, 9.17) is 8.83 Å². The standard InChI is InChI=1S/C19H14F3N3O3/c1-11-4-7-16(28-11)17(26)24-18-23-14-9-12(19(20,21)22)5-6-15(14)25(18)10-13-3-2-8-27-13/h2-9H,10H2,1H3,(H,23,24,26). The Morgan fingerprint density at radius 2 is 2.04 bits per heavy atom. The summed E-state index contributed by atoms with van der Waals surface area (Å²) in [5, 5.41) is 2.60. The van der Waals surface area contributed by atoms with Gasteiger partial charge in [0.05, 0.1) is 29.4 Å². The molecule has 0 aliphatic rings. The van der Waals surface area contributed by atoms with Crippen molar-refractivity contribution in [2.45, 2.75) is 19.6 Å². The average Bonchev–Trinajstić information content (AvgIpc) is 3.35. The lowest BCUT2D eigenvalue weighted by Crippen LogP contribution is -2.15. The number of alkyl halides is 3. The van der Waals surface area contributed by atoms with Crippen molar-refractivity contribution in [2.24, 2.45) is 0 Å². The number of nitrogens with one attached hydrogen (secondary N) is 1. The number of furan rings is 2. The highest BCUT2D eigenvalue weighted by atomic mass is 19.4. The minimum Gasteiger partial charge on any atom is -0.467 e. The van der Waals surface area contributed by atoms with Crippen LogP contribution in [0.15, 0.2) is 57.6 Å². The predicted molar refractivity (Wildman–Crippen MR) is 93.9 cm³/mol. The maximum absolute atomic E-state index is 13.0. The number of amides is 1. The molecule has 0 bridgehead atoms. The summed E-state index contributed by atoms with van der Waals surface area (Å²) in [6, 6.07) is 9.80. The first-order chi connectivity index (χ1) is 13.3. The van der Waals surface area contributed by atoms with E-state index in [2.05, 4.69) is 10.3 Å². The molecule has 0 radical (unpaired) electrons. The normalized spacial score (nSPS) is 11.9. The first-order valence-electron chi connectivity index (χ1n) is 8.29. The number of fused-ring (bicyclic) bond motifs is 1. The lowest BCUT2D eigenvalue weighted by atomic mass is 10.2. The molecule has 3 heterocycles. The topological polar surface area (TPSA) is 73.2 Å². The molecule has 4 aromatic rings. The molecule has 1 aromatic carbocycles. The molecule has 1 N–H and O–H groups in total. The summed E-state index contributed by atoms with van der Waals surface area (Å²) in [6.07, 6.45) is -3.01. The lowest BCUT2D eigenvalue weighted by Gasteiger charge is -2.09. The largest absolute Gasteiger partial charge is 0.467 e. The maximum atomic E-state index is 13.0. The number of carbonyl (C=O) groups excluding carboxylic acids is 1. The van der Waals surface area contributed by atoms with Crippen LogP contribution in [0.1, 0.15) is 27.6 Å². The molecule has 0 spiro atoms. The van der Waals surface area contributed by atoms with Gasteiger partial charge < -0.3 is 13.4 Å². The molecule has 0 aliphatic carbocycles. The first-order valence-corrected chi connectivity index (χ1v) is 8.29. The molecule has 1 amide bonds. The number of benzene rings is 1. The summed E-state index contributed by atoms with van der Waals surface area (Å²) in [4.78, 5) is 16.6. The molecular formula is C19H14F3N3O3. The third-order valence-electron chi connectivity index (χ3n) is 4.16. The summed E-state index contributed by atoms with van der Waals surface area (Å²) in [7, 11) is 0. The van der Waals surface area contributed by atoms with Crippen LogP contribution in [-0.4, -0.2) is 15.5 Å². The van der Waals surface area contributed by atoms with Gasteiger partial charge in [-0.2, -0.15) is 13.2 Å². The van der Waals surface area contributed by atoms with Crippen LogP contribution in [0.5, 0.6) is 0 Å². The summed E-state index contributed by atoms with van der Waals surface area (Å²) in [5.74, 6) is 0.725. The van der Waals surface area contributed by atoms with Gasteiger partial charge in [0.15, 0.2) is 5.76 Å². The first kappa shape index (κ1) is 17.9. The van der Waals surface area contributed by atoms with Crippen LogP contribution in [0.4, 0.5) is 19.1 Å². The van der Waals surface area contributed by atoms with Gasteiger partial charge in [-0.1, -0.05) is 0 Å². The number of rotatable bonds is 4. The second kappa shape index (κ2) is 6.59. The van der Waals surface area contributed by atoms with Gasteiger partial charge in [-0.25, -0.2) is 4.98 Å². The van der Waals surface area contributed by atoms with Crippen molar-refractivity contribution in [2.75, 3.05) is 5.32 Å². The van der Waals surface area contributed by atoms with Crippen molar-refractivity contribution in [1.29, 1.82) is 0 Å². The molecule has 0 unspecified atom stereocenters. The lowest BCUT2D eigenvalue weighted by molar-refractivity contribution is -0.137. The number of aryl methyl sites for hydroxylation is 1. The second-order valence-electron chi connectivity index (χ2n) is 6.17. The quantitative estimate of drug-likeness (QED) is 0.542. The molecule has 0 aliphatic heterocycles. The Labute approximate surface area is 156 Å². The highest BCUT2D eigenvalue weighted by Crippen LogP contribution is 2.32. The number of hydrogen-bond donors (Lipinski definition) is 1. The molecule has 9 heteroatoms. The summed E-state index contributed by atoms with van der Waals surface area (Å²) < 4.78 is 51.3. The Balaban J connectivity index is 1.77. The van der Waals surface area contributed by atoms with E-state index in [0.717, 1.165) is 12.1 Å². The van der Waals surface area contributed by atoms with Crippen molar-refractivity contribution in [3.8, 4) is 0 Å². The number of halogens is 3. The number of imidazole rings is 1. The van der Waals surface area contributed by atoms with Gasteiger partial charge in [0, 0.05) is 0 Å². The van der Waals surface area contributed by atoms with Crippen LogP contribution in [0, 0.1) is 6.92 Å². The number of hydrogen-bond acceptors (Lipinski definition) is 4. The molecule has 3 aromatic heterocycles. The van der Waals surface area contributed by atoms with E-state index in [1.54, 1.807) is 29.7 Å². The van der Waals surface area contributed by atoms with Crippen LogP contribution in [0.2, 0.25) is 0 Å². The van der Waals surface area contributed by atoms with Gasteiger partial charge >= 0.3 is 6.18 Å². The molecule has 144 valence electrons. The van der Waals surface area contributed by atoms with Gasteiger partial charge in [-0.3, -0.25) is 10.1 Å². The fraction of sp³-hybridized carbons (Fsp3) is 0.158. The zero-order chi connectivity index (χ0) is 19.9. The SMILES string of the molecule is Cc1ccc(C(=O)Nc2nc3cc(C(F)(F)F)ccc3n2Cc2ccco2)o1. The van der Waals surface area contributed by atoms with E-state index in [0.29, 0.717) is 17.0 Å². The van der Waals surface area contributed by atoms with E-state index in [-0.39, 0.29) is 23.8 Å².